The minimum atomic E-state index is 0.318. The molecule has 1 aromatic rings. The van der Waals surface area contributed by atoms with Crippen LogP contribution in [0.25, 0.3) is 0 Å². The van der Waals surface area contributed by atoms with Crippen LogP contribution in [0.5, 0.6) is 0 Å². The van der Waals surface area contributed by atoms with E-state index in [4.69, 9.17) is 18.0 Å². The van der Waals surface area contributed by atoms with Gasteiger partial charge in [0.15, 0.2) is 0 Å². The van der Waals surface area contributed by atoms with E-state index in [9.17, 15) is 0 Å². The molecule has 0 saturated carbocycles. The molecule has 0 aliphatic heterocycles. The van der Waals surface area contributed by atoms with Gasteiger partial charge in [-0.25, -0.2) is 9.97 Å². The molecule has 0 bridgehead atoms. The number of nitrogens with two attached hydrogens (primary N) is 1. The van der Waals surface area contributed by atoms with Crippen molar-refractivity contribution < 1.29 is 0 Å². The number of aromatic nitrogens is 2. The monoisotopic (exact) mass is 252 g/mol. The van der Waals surface area contributed by atoms with Crippen LogP contribution < -0.4 is 10.6 Å². The third kappa shape index (κ3) is 4.26. The van der Waals surface area contributed by atoms with E-state index in [0.717, 1.165) is 18.7 Å². The van der Waals surface area contributed by atoms with E-state index in [1.165, 1.54) is 12.8 Å². The lowest BCUT2D eigenvalue weighted by atomic mass is 10.2. The van der Waals surface area contributed by atoms with Crippen molar-refractivity contribution in [1.82, 2.24) is 9.97 Å². The van der Waals surface area contributed by atoms with Crippen LogP contribution >= 0.6 is 12.2 Å². The van der Waals surface area contributed by atoms with Gasteiger partial charge in [0.05, 0.1) is 0 Å². The lowest BCUT2D eigenvalue weighted by Gasteiger charge is -2.17. The van der Waals surface area contributed by atoms with Gasteiger partial charge in [0.2, 0.25) is 5.95 Å². The molecule has 0 aliphatic rings. The summed E-state index contributed by atoms with van der Waals surface area (Å²) in [5.41, 5.74) is 7.13. The van der Waals surface area contributed by atoms with E-state index in [1.54, 1.807) is 0 Å². The predicted molar refractivity (Wildman–Crippen MR) is 75.5 cm³/mol. The molecular formula is C12H20N4S. The van der Waals surface area contributed by atoms with Crippen LogP contribution in [0.4, 0.5) is 5.95 Å². The van der Waals surface area contributed by atoms with E-state index < -0.39 is 0 Å². The first kappa shape index (κ1) is 13.8. The Morgan fingerprint density at radius 1 is 1.41 bits per heavy atom. The van der Waals surface area contributed by atoms with Crippen molar-refractivity contribution >= 4 is 23.2 Å². The van der Waals surface area contributed by atoms with Gasteiger partial charge >= 0.3 is 0 Å². The van der Waals surface area contributed by atoms with Gasteiger partial charge in [-0.15, -0.1) is 0 Å². The van der Waals surface area contributed by atoms with Crippen molar-refractivity contribution in [2.45, 2.75) is 33.1 Å². The molecular weight excluding hydrogens is 232 g/mol. The topological polar surface area (TPSA) is 55.0 Å². The fraction of sp³-hybridized carbons (Fsp3) is 0.583. The minimum Gasteiger partial charge on any atom is -0.388 e. The first-order chi connectivity index (χ1) is 8.04. The maximum absolute atomic E-state index is 5.60. The maximum Gasteiger partial charge on any atom is 0.225 e. The molecule has 0 amide bonds. The van der Waals surface area contributed by atoms with Gasteiger partial charge in [0, 0.05) is 19.3 Å². The van der Waals surface area contributed by atoms with E-state index >= 15 is 0 Å². The van der Waals surface area contributed by atoms with E-state index in [0.29, 0.717) is 16.6 Å². The molecule has 5 heteroatoms. The molecule has 0 saturated heterocycles. The zero-order valence-corrected chi connectivity index (χ0v) is 11.5. The fourth-order valence-corrected chi connectivity index (χ4v) is 1.65. The molecule has 2 N–H and O–H groups in total. The van der Waals surface area contributed by atoms with E-state index in [2.05, 4.69) is 16.9 Å². The number of nitrogens with zero attached hydrogens (tertiary/aromatic N) is 3. The highest BCUT2D eigenvalue weighted by Crippen LogP contribution is 2.10. The molecule has 1 rings (SSSR count). The summed E-state index contributed by atoms with van der Waals surface area (Å²) in [5.74, 6) is 0.698. The van der Waals surface area contributed by atoms with Crippen molar-refractivity contribution in [3.05, 3.63) is 17.5 Å². The number of unbranched alkanes of at least 4 members (excludes halogenated alkanes) is 2. The number of anilines is 1. The number of aryl methyl sites for hydroxylation is 1. The summed E-state index contributed by atoms with van der Waals surface area (Å²) in [6.45, 7) is 5.06. The molecule has 1 heterocycles. The standard InChI is InChI=1S/C12H20N4S/c1-4-5-6-7-16(3)12-14-9(2)8-10(15-12)11(13)17/h8H,4-7H2,1-3H3,(H2,13,17). The molecule has 0 radical (unpaired) electrons. The second-order valence-corrected chi connectivity index (χ2v) is 4.63. The summed E-state index contributed by atoms with van der Waals surface area (Å²) >= 11 is 4.94. The van der Waals surface area contributed by atoms with Gasteiger partial charge in [-0.05, 0) is 19.4 Å². The zero-order chi connectivity index (χ0) is 12.8. The smallest absolute Gasteiger partial charge is 0.225 e. The largest absolute Gasteiger partial charge is 0.388 e. The second kappa shape index (κ2) is 6.49. The molecule has 94 valence electrons. The number of hydrogen-bond donors (Lipinski definition) is 1. The molecule has 0 atom stereocenters. The lowest BCUT2D eigenvalue weighted by Crippen LogP contribution is -2.23. The summed E-state index contributed by atoms with van der Waals surface area (Å²) in [7, 11) is 1.99. The molecule has 1 aromatic heterocycles. The van der Waals surface area contributed by atoms with Crippen LogP contribution in [0.2, 0.25) is 0 Å². The Balaban J connectivity index is 2.78. The first-order valence-corrected chi connectivity index (χ1v) is 6.32. The Bertz CT molecular complexity index is 392. The third-order valence-corrected chi connectivity index (χ3v) is 2.74. The average Bonchev–Trinajstić information content (AvgIpc) is 2.28. The van der Waals surface area contributed by atoms with Crippen LogP contribution in [0.15, 0.2) is 6.07 Å². The van der Waals surface area contributed by atoms with Crippen molar-refractivity contribution in [2.75, 3.05) is 18.5 Å². The Morgan fingerprint density at radius 3 is 2.71 bits per heavy atom. The van der Waals surface area contributed by atoms with Crippen LogP contribution in [0, 0.1) is 6.92 Å². The number of rotatable bonds is 6. The van der Waals surface area contributed by atoms with Gasteiger partial charge in [-0.1, -0.05) is 32.0 Å². The quantitative estimate of drug-likeness (QED) is 0.620. The van der Waals surface area contributed by atoms with Crippen molar-refractivity contribution in [3.63, 3.8) is 0 Å². The number of hydrogen-bond acceptors (Lipinski definition) is 4. The molecule has 17 heavy (non-hydrogen) atoms. The highest BCUT2D eigenvalue weighted by atomic mass is 32.1. The predicted octanol–water partition coefficient (Wildman–Crippen LogP) is 2.05. The highest BCUT2D eigenvalue weighted by Gasteiger charge is 2.08. The Morgan fingerprint density at radius 2 is 2.12 bits per heavy atom. The molecule has 0 unspecified atom stereocenters. The molecule has 0 spiro atoms. The first-order valence-electron chi connectivity index (χ1n) is 5.91. The summed E-state index contributed by atoms with van der Waals surface area (Å²) in [6.07, 6.45) is 3.58. The van der Waals surface area contributed by atoms with Crippen molar-refractivity contribution in [3.8, 4) is 0 Å². The summed E-state index contributed by atoms with van der Waals surface area (Å²) in [5, 5.41) is 0. The summed E-state index contributed by atoms with van der Waals surface area (Å²) in [4.78, 5) is 11.1. The van der Waals surface area contributed by atoms with Crippen LogP contribution in [-0.2, 0) is 0 Å². The van der Waals surface area contributed by atoms with Crippen LogP contribution in [0.1, 0.15) is 37.6 Å². The van der Waals surface area contributed by atoms with Gasteiger partial charge in [0.1, 0.15) is 10.7 Å². The molecule has 0 fully saturated rings. The molecule has 0 aromatic carbocycles. The highest BCUT2D eigenvalue weighted by molar-refractivity contribution is 7.80. The van der Waals surface area contributed by atoms with Gasteiger partial charge in [0.25, 0.3) is 0 Å². The normalized spacial score (nSPS) is 10.3. The van der Waals surface area contributed by atoms with Gasteiger partial charge < -0.3 is 10.6 Å². The van der Waals surface area contributed by atoms with E-state index in [1.807, 2.05) is 24.9 Å². The summed E-state index contributed by atoms with van der Waals surface area (Å²) in [6, 6.07) is 1.81. The van der Waals surface area contributed by atoms with E-state index in [-0.39, 0.29) is 0 Å². The van der Waals surface area contributed by atoms with Crippen molar-refractivity contribution in [1.29, 1.82) is 0 Å². The Labute approximate surface area is 108 Å². The van der Waals surface area contributed by atoms with Crippen LogP contribution in [0.3, 0.4) is 0 Å². The SMILES string of the molecule is CCCCCN(C)c1nc(C)cc(C(N)=S)n1. The minimum absolute atomic E-state index is 0.318. The second-order valence-electron chi connectivity index (χ2n) is 4.19. The van der Waals surface area contributed by atoms with Gasteiger partial charge in [-0.3, -0.25) is 0 Å². The third-order valence-electron chi connectivity index (χ3n) is 2.53. The van der Waals surface area contributed by atoms with Gasteiger partial charge in [-0.2, -0.15) is 0 Å². The number of thiocarbonyl (C=S) groups is 1. The zero-order valence-electron chi connectivity index (χ0n) is 10.7. The summed E-state index contributed by atoms with van der Waals surface area (Å²) < 4.78 is 0. The Hall–Kier alpha value is -1.23. The van der Waals surface area contributed by atoms with Crippen molar-refractivity contribution in [2.24, 2.45) is 5.73 Å². The lowest BCUT2D eigenvalue weighted by molar-refractivity contribution is 0.695. The fourth-order valence-electron chi connectivity index (χ4n) is 1.55. The van der Waals surface area contributed by atoms with Crippen LogP contribution in [-0.4, -0.2) is 28.5 Å². The average molecular weight is 252 g/mol. The maximum atomic E-state index is 5.60. The Kier molecular flexibility index (Phi) is 5.28. The molecule has 0 aliphatic carbocycles. The molecule has 4 nitrogen and oxygen atoms in total.